The predicted octanol–water partition coefficient (Wildman–Crippen LogP) is 0.697. The first-order valence-electron chi connectivity index (χ1n) is 8.70. The van der Waals surface area contributed by atoms with Crippen LogP contribution in [0.2, 0.25) is 0 Å². The van der Waals surface area contributed by atoms with Crippen LogP contribution in [-0.4, -0.2) is 63.9 Å². The molecule has 1 aliphatic rings. The molecule has 0 bridgehead atoms. The lowest BCUT2D eigenvalue weighted by Gasteiger charge is -2.36. The van der Waals surface area contributed by atoms with Crippen molar-refractivity contribution in [2.24, 2.45) is 0 Å². The van der Waals surface area contributed by atoms with Gasteiger partial charge in [0.1, 0.15) is 5.75 Å². The average molecular weight is 368 g/mol. The van der Waals surface area contributed by atoms with Crippen LogP contribution in [0.3, 0.4) is 0 Å². The fraction of sp³-hybridized carbons (Fsp3) is 0.333. The lowest BCUT2D eigenvalue weighted by atomic mass is 10.2. The Morgan fingerprint density at radius 3 is 2.67 bits per heavy atom. The summed E-state index contributed by atoms with van der Waals surface area (Å²) in [5.41, 5.74) is 1.56. The number of nitrogens with one attached hydrogen (secondary N) is 1. The van der Waals surface area contributed by atoms with Crippen LogP contribution >= 0.6 is 0 Å². The Hall–Kier alpha value is -3.36. The highest BCUT2D eigenvalue weighted by Gasteiger charge is 2.27. The normalized spacial score (nSPS) is 14.6. The number of carbonyl (C=O) groups is 1. The minimum absolute atomic E-state index is 0.0852. The molecule has 0 atom stereocenters. The van der Waals surface area contributed by atoms with Gasteiger partial charge in [0, 0.05) is 31.9 Å². The van der Waals surface area contributed by atoms with Crippen LogP contribution in [0.25, 0.3) is 5.52 Å². The number of aromatic nitrogens is 4. The van der Waals surface area contributed by atoms with Gasteiger partial charge in [0.05, 0.1) is 19.0 Å². The number of fused-ring (bicyclic) bond motifs is 1. The number of hydrogen-bond donors (Lipinski definition) is 1. The topological polar surface area (TPSA) is 95.8 Å². The molecule has 9 nitrogen and oxygen atoms in total. The van der Waals surface area contributed by atoms with Gasteiger partial charge in [-0.15, -0.1) is 5.10 Å². The van der Waals surface area contributed by atoms with Crippen molar-refractivity contribution in [2.75, 3.05) is 38.2 Å². The van der Waals surface area contributed by atoms with Gasteiger partial charge in [-0.2, -0.15) is 0 Å². The largest absolute Gasteiger partial charge is 0.495 e. The second-order valence-corrected chi connectivity index (χ2v) is 6.45. The summed E-state index contributed by atoms with van der Waals surface area (Å²) in [7, 11) is 1.65. The van der Waals surface area contributed by atoms with E-state index in [4.69, 9.17) is 4.74 Å². The van der Waals surface area contributed by atoms with Gasteiger partial charge in [-0.1, -0.05) is 17.3 Å². The molecule has 0 aliphatic carbocycles. The number of H-pyrrole nitrogens is 1. The van der Waals surface area contributed by atoms with Crippen molar-refractivity contribution in [1.82, 2.24) is 24.7 Å². The van der Waals surface area contributed by atoms with Crippen LogP contribution in [0, 0.1) is 6.92 Å². The molecular formula is C18H20N6O3. The Labute approximate surface area is 155 Å². The Kier molecular flexibility index (Phi) is 4.27. The molecule has 27 heavy (non-hydrogen) atoms. The maximum absolute atomic E-state index is 12.9. The van der Waals surface area contributed by atoms with Gasteiger partial charge in [-0.3, -0.25) is 9.59 Å². The van der Waals surface area contributed by atoms with E-state index in [1.807, 2.05) is 24.3 Å². The number of para-hydroxylation sites is 2. The average Bonchev–Trinajstić information content (AvgIpc) is 3.11. The van der Waals surface area contributed by atoms with Crippen molar-refractivity contribution in [3.05, 3.63) is 52.2 Å². The first-order valence-corrected chi connectivity index (χ1v) is 8.70. The summed E-state index contributed by atoms with van der Waals surface area (Å²) >= 11 is 0. The first-order chi connectivity index (χ1) is 13.1. The predicted molar refractivity (Wildman–Crippen MR) is 99.5 cm³/mol. The van der Waals surface area contributed by atoms with Crippen LogP contribution < -0.4 is 15.2 Å². The summed E-state index contributed by atoms with van der Waals surface area (Å²) in [6, 6.07) is 7.82. The number of rotatable bonds is 3. The molecule has 3 aromatic rings. The van der Waals surface area contributed by atoms with E-state index >= 15 is 0 Å². The van der Waals surface area contributed by atoms with E-state index in [1.54, 1.807) is 25.1 Å². The minimum Gasteiger partial charge on any atom is -0.495 e. The van der Waals surface area contributed by atoms with Crippen molar-refractivity contribution in [3.63, 3.8) is 0 Å². The van der Waals surface area contributed by atoms with E-state index in [0.29, 0.717) is 31.9 Å². The molecule has 0 unspecified atom stereocenters. The smallest absolute Gasteiger partial charge is 0.277 e. The zero-order valence-electron chi connectivity index (χ0n) is 15.2. The quantitative estimate of drug-likeness (QED) is 0.731. The highest BCUT2D eigenvalue weighted by Crippen LogP contribution is 2.28. The Morgan fingerprint density at radius 1 is 1.19 bits per heavy atom. The van der Waals surface area contributed by atoms with E-state index in [9.17, 15) is 9.59 Å². The molecule has 0 saturated carbocycles. The number of ether oxygens (including phenoxy) is 1. The Morgan fingerprint density at radius 2 is 1.93 bits per heavy atom. The summed E-state index contributed by atoms with van der Waals surface area (Å²) in [6.07, 6.45) is 1.64. The van der Waals surface area contributed by atoms with E-state index in [2.05, 4.69) is 20.2 Å². The third kappa shape index (κ3) is 3.01. The van der Waals surface area contributed by atoms with Gasteiger partial charge in [0.2, 0.25) is 0 Å². The number of aryl methyl sites for hydroxylation is 1. The number of nitrogens with zero attached hydrogens (tertiary/aromatic N) is 5. The van der Waals surface area contributed by atoms with Crippen molar-refractivity contribution in [3.8, 4) is 5.75 Å². The Balaban J connectivity index is 1.54. The van der Waals surface area contributed by atoms with Crippen LogP contribution in [-0.2, 0) is 0 Å². The summed E-state index contributed by atoms with van der Waals surface area (Å²) < 4.78 is 6.77. The van der Waals surface area contributed by atoms with Crippen LogP contribution in [0.15, 0.2) is 35.3 Å². The van der Waals surface area contributed by atoms with Crippen molar-refractivity contribution < 1.29 is 9.53 Å². The first kappa shape index (κ1) is 17.1. The number of hydrogen-bond acceptors (Lipinski definition) is 6. The minimum atomic E-state index is -0.365. The molecule has 1 amide bonds. The van der Waals surface area contributed by atoms with E-state index in [0.717, 1.165) is 11.4 Å². The van der Waals surface area contributed by atoms with Crippen LogP contribution in [0.4, 0.5) is 5.69 Å². The van der Waals surface area contributed by atoms with Gasteiger partial charge in [-0.25, -0.2) is 4.52 Å². The van der Waals surface area contributed by atoms with Crippen molar-refractivity contribution >= 4 is 17.1 Å². The Bertz CT molecular complexity index is 1050. The van der Waals surface area contributed by atoms with Crippen LogP contribution in [0.5, 0.6) is 5.75 Å². The van der Waals surface area contributed by atoms with Gasteiger partial charge in [0.25, 0.3) is 11.5 Å². The van der Waals surface area contributed by atoms with Gasteiger partial charge >= 0.3 is 0 Å². The number of anilines is 1. The molecule has 1 aromatic carbocycles. The maximum Gasteiger partial charge on any atom is 0.277 e. The summed E-state index contributed by atoms with van der Waals surface area (Å²) in [6.45, 7) is 4.14. The zero-order chi connectivity index (χ0) is 19.0. The second kappa shape index (κ2) is 6.75. The van der Waals surface area contributed by atoms with Crippen LogP contribution in [0.1, 0.15) is 16.2 Å². The number of methoxy groups -OCH3 is 1. The summed E-state index contributed by atoms with van der Waals surface area (Å²) in [5.74, 6) is 0.530. The number of piperazine rings is 1. The third-order valence-electron chi connectivity index (χ3n) is 4.73. The van der Waals surface area contributed by atoms with Crippen molar-refractivity contribution in [2.45, 2.75) is 6.92 Å². The molecule has 9 heteroatoms. The molecule has 1 fully saturated rings. The highest BCUT2D eigenvalue weighted by atomic mass is 16.5. The molecule has 140 valence electrons. The molecule has 0 spiro atoms. The monoisotopic (exact) mass is 368 g/mol. The molecule has 1 aliphatic heterocycles. The molecule has 1 saturated heterocycles. The van der Waals surface area contributed by atoms with Gasteiger partial charge in [0.15, 0.2) is 11.2 Å². The van der Waals surface area contributed by atoms with Crippen molar-refractivity contribution in [1.29, 1.82) is 0 Å². The van der Waals surface area contributed by atoms with Gasteiger partial charge in [-0.05, 0) is 19.1 Å². The fourth-order valence-corrected chi connectivity index (χ4v) is 3.38. The molecule has 4 rings (SSSR count). The number of aromatic amines is 1. The summed E-state index contributed by atoms with van der Waals surface area (Å²) in [5, 5.41) is 7.86. The molecule has 2 aromatic heterocycles. The third-order valence-corrected chi connectivity index (χ3v) is 4.73. The fourth-order valence-electron chi connectivity index (χ4n) is 3.38. The second-order valence-electron chi connectivity index (χ2n) is 6.45. The maximum atomic E-state index is 12.9. The zero-order valence-corrected chi connectivity index (χ0v) is 15.2. The molecule has 0 radical (unpaired) electrons. The number of benzene rings is 1. The highest BCUT2D eigenvalue weighted by molar-refractivity contribution is 5.98. The number of amides is 1. The van der Waals surface area contributed by atoms with E-state index < -0.39 is 0 Å². The van der Waals surface area contributed by atoms with Gasteiger partial charge < -0.3 is 19.5 Å². The standard InChI is InChI=1S/C18H20N6O3/c1-12-11-24-16(17(25)19-12)15(20-21-24)18(26)23-9-7-22(8-10-23)13-5-3-4-6-14(13)27-2/h3-6,11H,7-10H2,1-2H3,(H,19,25). The molecular weight excluding hydrogens is 348 g/mol. The lowest BCUT2D eigenvalue weighted by Crippen LogP contribution is -2.49. The summed E-state index contributed by atoms with van der Waals surface area (Å²) in [4.78, 5) is 31.7. The van der Waals surface area contributed by atoms with E-state index in [1.165, 1.54) is 4.52 Å². The molecule has 3 heterocycles. The van der Waals surface area contributed by atoms with E-state index in [-0.39, 0.29) is 22.7 Å². The number of carbonyl (C=O) groups excluding carboxylic acids is 1. The molecule has 1 N–H and O–H groups in total. The SMILES string of the molecule is COc1ccccc1N1CCN(C(=O)c2nnn3cc(C)[nH]c(=O)c23)CC1. The lowest BCUT2D eigenvalue weighted by molar-refractivity contribution is 0.0742.